The summed E-state index contributed by atoms with van der Waals surface area (Å²) in [5, 5.41) is 50.2. The molecule has 0 aliphatic carbocycles. The molecule has 38 heavy (non-hydrogen) atoms. The fraction of sp³-hybridized carbons (Fsp3) is 0.846. The van der Waals surface area contributed by atoms with E-state index in [0.29, 0.717) is 0 Å². The van der Waals surface area contributed by atoms with Gasteiger partial charge in [0.25, 0.3) is 5.79 Å². The maximum atomic E-state index is 13.9. The van der Waals surface area contributed by atoms with Crippen molar-refractivity contribution in [1.29, 1.82) is 0 Å². The second-order valence-electron chi connectivity index (χ2n) is 14.2. The molecular formula is C26H43N3O9. The minimum Gasteiger partial charge on any atom is -0.385 e. The van der Waals surface area contributed by atoms with E-state index in [0.717, 1.165) is 0 Å². The summed E-state index contributed by atoms with van der Waals surface area (Å²) in [5.74, 6) is -8.68. The van der Waals surface area contributed by atoms with Gasteiger partial charge in [-0.05, 0) is 10.9 Å². The number of aliphatic hydroxyl groups is 4. The molecule has 6 atom stereocenters. The summed E-state index contributed by atoms with van der Waals surface area (Å²) in [5.41, 5.74) is -3.63. The first kappa shape index (κ1) is 33.8. The highest BCUT2D eigenvalue weighted by Gasteiger charge is 2.84. The molecule has 12 heteroatoms. The average molecular weight is 542 g/mol. The minimum absolute atomic E-state index is 1.12. The molecule has 1 saturated heterocycles. The fourth-order valence-corrected chi connectivity index (χ4v) is 4.48. The molecule has 0 radical (unpaired) electrons. The van der Waals surface area contributed by atoms with Crippen molar-refractivity contribution in [3.63, 3.8) is 0 Å². The minimum atomic E-state index is -3.66. The molecule has 0 spiro atoms. The Morgan fingerprint density at radius 1 is 0.789 bits per heavy atom. The second-order valence-corrected chi connectivity index (χ2v) is 14.2. The lowest BCUT2D eigenvalue weighted by molar-refractivity contribution is -0.258. The quantitative estimate of drug-likeness (QED) is 0.211. The number of hydrogen-bond acceptors (Lipinski definition) is 10. The van der Waals surface area contributed by atoms with Gasteiger partial charge in [-0.1, -0.05) is 88.2 Å². The Balaban J connectivity index is 4.35. The van der Waals surface area contributed by atoms with E-state index < -0.39 is 80.0 Å². The molecule has 0 aromatic rings. The van der Waals surface area contributed by atoms with Crippen molar-refractivity contribution in [3.8, 4) is 0 Å². The number of Topliss-reactive ketones (excluding diaryl/α,β-unsaturated/α-hetero) is 4. The molecule has 1 unspecified atom stereocenters. The summed E-state index contributed by atoms with van der Waals surface area (Å²) >= 11 is 0. The number of rotatable bonds is 7. The predicted molar refractivity (Wildman–Crippen MR) is 137 cm³/mol. The number of aliphatic hydroxyl groups excluding tert-OH is 1. The van der Waals surface area contributed by atoms with Crippen LogP contribution >= 0.6 is 0 Å². The van der Waals surface area contributed by atoms with Gasteiger partial charge >= 0.3 is 0 Å². The molecule has 1 aliphatic heterocycles. The molecule has 0 amide bonds. The van der Waals surface area contributed by atoms with Crippen LogP contribution in [-0.2, 0) is 23.9 Å². The third-order valence-electron chi connectivity index (χ3n) is 6.62. The van der Waals surface area contributed by atoms with Gasteiger partial charge < -0.3 is 25.2 Å². The summed E-state index contributed by atoms with van der Waals surface area (Å²) in [6.45, 7) is 16.5. The number of nitrogens with zero attached hydrogens (tertiary/aromatic N) is 3. The number of carbonyl (C=O) groups excluding carboxylic acids is 4. The Hall–Kier alpha value is -2.21. The van der Waals surface area contributed by atoms with Gasteiger partial charge in [-0.25, -0.2) is 0 Å². The van der Waals surface area contributed by atoms with Gasteiger partial charge in [0.1, 0.15) is 18.2 Å². The van der Waals surface area contributed by atoms with E-state index in [1.54, 1.807) is 0 Å². The molecule has 0 saturated carbocycles. The maximum absolute atomic E-state index is 13.9. The van der Waals surface area contributed by atoms with Crippen molar-refractivity contribution >= 4 is 23.1 Å². The van der Waals surface area contributed by atoms with Crippen LogP contribution < -0.4 is 0 Å². The van der Waals surface area contributed by atoms with E-state index in [4.69, 9.17) is 4.74 Å². The van der Waals surface area contributed by atoms with Crippen molar-refractivity contribution < 1.29 is 44.3 Å². The van der Waals surface area contributed by atoms with Crippen LogP contribution in [0.25, 0.3) is 10.4 Å². The molecule has 12 nitrogen and oxygen atoms in total. The molecule has 1 heterocycles. The first-order chi connectivity index (χ1) is 16.6. The van der Waals surface area contributed by atoms with E-state index in [9.17, 15) is 45.1 Å². The number of azide groups is 1. The van der Waals surface area contributed by atoms with Gasteiger partial charge in [-0.3, -0.25) is 19.2 Å². The summed E-state index contributed by atoms with van der Waals surface area (Å²) in [4.78, 5) is 57.5. The van der Waals surface area contributed by atoms with Crippen LogP contribution in [0.5, 0.6) is 0 Å². The van der Waals surface area contributed by atoms with Gasteiger partial charge in [0.05, 0.1) is 0 Å². The highest BCUT2D eigenvalue weighted by molar-refractivity contribution is 6.10. The topological polar surface area (TPSA) is 207 Å². The van der Waals surface area contributed by atoms with Crippen LogP contribution in [0.3, 0.4) is 0 Å². The third kappa shape index (κ3) is 5.17. The Kier molecular flexibility index (Phi) is 8.69. The first-order valence-electron chi connectivity index (χ1n) is 12.3. The molecule has 1 rings (SSSR count). The lowest BCUT2D eigenvalue weighted by Crippen LogP contribution is -2.77. The Morgan fingerprint density at radius 2 is 1.18 bits per heavy atom. The van der Waals surface area contributed by atoms with E-state index in [-0.39, 0.29) is 0 Å². The zero-order valence-corrected chi connectivity index (χ0v) is 24.4. The van der Waals surface area contributed by atoms with Gasteiger partial charge in [0, 0.05) is 21.2 Å². The summed E-state index contributed by atoms with van der Waals surface area (Å²) < 4.78 is 5.57. The zero-order chi connectivity index (χ0) is 30.7. The standard InChI is InChI=1S/C26H43N3O9/c1-20(2,3)15(31)14(30)13(28-29-27)16-24(35,17(32)21(4,5)6)25(36,18(33)22(7,8)9)26(37,38-16)19(34)23(10,11)12/h13,15-16,31,35-37H,1-12H3/t13-,15?,16+,24-,25-,26+/m1/s1. The summed E-state index contributed by atoms with van der Waals surface area (Å²) in [7, 11) is 0. The molecule has 0 aromatic heterocycles. The predicted octanol–water partition coefficient (Wildman–Crippen LogP) is 2.04. The molecule has 0 aromatic carbocycles. The normalized spacial score (nSPS) is 30.3. The molecule has 1 aliphatic rings. The van der Waals surface area contributed by atoms with E-state index in [1.165, 1.54) is 83.1 Å². The monoisotopic (exact) mass is 541 g/mol. The number of carbonyl (C=O) groups is 4. The molecule has 1 fully saturated rings. The summed E-state index contributed by atoms with van der Waals surface area (Å²) in [6.07, 6.45) is -4.28. The Labute approximate surface area is 223 Å². The van der Waals surface area contributed by atoms with Crippen molar-refractivity contribution in [2.45, 2.75) is 118 Å². The molecular weight excluding hydrogens is 498 g/mol. The number of hydrogen-bond donors (Lipinski definition) is 4. The summed E-state index contributed by atoms with van der Waals surface area (Å²) in [6, 6.07) is -2.24. The number of ether oxygens (including phenoxy) is 1. The zero-order valence-electron chi connectivity index (χ0n) is 24.4. The van der Waals surface area contributed by atoms with Crippen LogP contribution in [0.2, 0.25) is 0 Å². The molecule has 216 valence electrons. The smallest absolute Gasteiger partial charge is 0.268 e. The van der Waals surface area contributed by atoms with E-state index in [2.05, 4.69) is 10.0 Å². The van der Waals surface area contributed by atoms with Gasteiger partial charge in [0.2, 0.25) is 11.4 Å². The Morgan fingerprint density at radius 3 is 1.50 bits per heavy atom. The highest BCUT2D eigenvalue weighted by Crippen LogP contribution is 2.54. The van der Waals surface area contributed by atoms with Crippen LogP contribution in [0.15, 0.2) is 5.11 Å². The third-order valence-corrected chi connectivity index (χ3v) is 6.62. The van der Waals surface area contributed by atoms with Crippen LogP contribution in [0.4, 0.5) is 0 Å². The van der Waals surface area contributed by atoms with Gasteiger partial charge in [0.15, 0.2) is 23.0 Å². The highest BCUT2D eigenvalue weighted by atomic mass is 16.7. The van der Waals surface area contributed by atoms with Crippen molar-refractivity contribution in [2.75, 3.05) is 0 Å². The van der Waals surface area contributed by atoms with E-state index in [1.807, 2.05) is 0 Å². The second kappa shape index (κ2) is 9.76. The maximum Gasteiger partial charge on any atom is 0.268 e. The van der Waals surface area contributed by atoms with E-state index >= 15 is 0 Å². The Bertz CT molecular complexity index is 1050. The van der Waals surface area contributed by atoms with Crippen molar-refractivity contribution in [1.82, 2.24) is 0 Å². The molecule has 0 bridgehead atoms. The number of ketones is 4. The lowest BCUT2D eigenvalue weighted by Gasteiger charge is -2.46. The van der Waals surface area contributed by atoms with Crippen LogP contribution in [0.1, 0.15) is 83.1 Å². The molecule has 4 N–H and O–H groups in total. The first-order valence-corrected chi connectivity index (χ1v) is 12.3. The fourth-order valence-electron chi connectivity index (χ4n) is 4.48. The van der Waals surface area contributed by atoms with Gasteiger partial charge in [-0.15, -0.1) is 0 Å². The SMILES string of the molecule is CC(C)(C)C(=O)[C@]1(O)[C@](O)(C(=O)C(C)(C)C)O[C@@H]([C@H](N=[N+]=[N-])C(=O)C(O)C(C)(C)C)[C@@]1(O)C(=O)C(C)(C)C. The lowest BCUT2D eigenvalue weighted by atomic mass is 9.59. The largest absolute Gasteiger partial charge is 0.385 e. The van der Waals surface area contributed by atoms with Crippen molar-refractivity contribution in [3.05, 3.63) is 10.4 Å². The average Bonchev–Trinajstić information content (AvgIpc) is 2.92. The van der Waals surface area contributed by atoms with Crippen LogP contribution in [0, 0.1) is 21.7 Å². The van der Waals surface area contributed by atoms with Crippen LogP contribution in [-0.4, -0.2) is 78.8 Å². The van der Waals surface area contributed by atoms with Crippen molar-refractivity contribution in [2.24, 2.45) is 26.8 Å². The van der Waals surface area contributed by atoms with Gasteiger partial charge in [-0.2, -0.15) is 0 Å².